The summed E-state index contributed by atoms with van der Waals surface area (Å²) in [6.45, 7) is -0.569. The largest absolute Gasteiger partial charge is 0.418 e. The lowest BCUT2D eigenvalue weighted by Crippen LogP contribution is -2.58. The lowest BCUT2D eigenvalue weighted by Gasteiger charge is -2.40. The number of pyridine rings is 1. The highest BCUT2D eigenvalue weighted by Crippen LogP contribution is 2.37. The number of likely N-dealkylation sites (tertiary alicyclic amines) is 1. The molecule has 2 aromatic heterocycles. The molecule has 1 amide bonds. The van der Waals surface area contributed by atoms with Crippen LogP contribution in [-0.4, -0.2) is 50.4 Å². The molecular weight excluding hydrogens is 299 g/mol. The monoisotopic (exact) mass is 313 g/mol. The van der Waals surface area contributed by atoms with E-state index in [2.05, 4.69) is 5.10 Å². The van der Waals surface area contributed by atoms with Gasteiger partial charge in [-0.25, -0.2) is 4.52 Å². The Bertz CT molecular complexity index is 713. The van der Waals surface area contributed by atoms with Gasteiger partial charge in [0.05, 0.1) is 23.8 Å². The molecule has 0 unspecified atom stereocenters. The molecule has 0 bridgehead atoms. The topological polar surface area (TPSA) is 57.8 Å². The lowest BCUT2D eigenvalue weighted by atomic mass is 9.92. The molecule has 2 aromatic rings. The minimum Gasteiger partial charge on any atom is -0.379 e. The van der Waals surface area contributed by atoms with Crippen molar-refractivity contribution >= 4 is 11.4 Å². The van der Waals surface area contributed by atoms with Crippen LogP contribution in [0.5, 0.6) is 0 Å². The molecule has 0 aromatic carbocycles. The second-order valence-electron chi connectivity index (χ2n) is 5.45. The molecule has 0 radical (unpaired) electrons. The maximum atomic E-state index is 13.0. The molecule has 8 heteroatoms. The van der Waals surface area contributed by atoms with Gasteiger partial charge in [0, 0.05) is 12.7 Å². The van der Waals surface area contributed by atoms with Gasteiger partial charge in [-0.15, -0.1) is 0 Å². The molecule has 1 fully saturated rings. The number of halogens is 3. The molecule has 1 N–H and O–H groups in total. The van der Waals surface area contributed by atoms with E-state index in [0.717, 1.165) is 4.90 Å². The highest BCUT2D eigenvalue weighted by atomic mass is 19.4. The number of β-amino-alcohol motifs (C(OH)–C–C–N with tert-alkyl or cyclic N) is 1. The Labute approximate surface area is 123 Å². The molecule has 0 saturated carbocycles. The Kier molecular flexibility index (Phi) is 3.36. The average Bonchev–Trinajstić information content (AvgIpc) is 2.89. The first-order valence-corrected chi connectivity index (χ1v) is 6.83. The number of rotatable bonds is 1. The van der Waals surface area contributed by atoms with Crippen molar-refractivity contribution in [3.8, 4) is 0 Å². The number of amides is 1. The average molecular weight is 313 g/mol. The normalized spacial score (nSPS) is 23.0. The van der Waals surface area contributed by atoms with Gasteiger partial charge in [0.1, 0.15) is 0 Å². The van der Waals surface area contributed by atoms with Crippen molar-refractivity contribution in [2.24, 2.45) is 0 Å². The summed E-state index contributed by atoms with van der Waals surface area (Å²) in [5.41, 5.74) is -2.09. The highest BCUT2D eigenvalue weighted by molar-refractivity contribution is 6.00. The summed E-state index contributed by atoms with van der Waals surface area (Å²) in [4.78, 5) is 13.5. The SMILES string of the molecule is O=C(c1cnn2ccccc12)N1CCC[C@@](O)(C(F)(F)F)C1. The molecule has 1 aliphatic rings. The second kappa shape index (κ2) is 4.98. The molecule has 0 spiro atoms. The van der Waals surface area contributed by atoms with Crippen LogP contribution in [-0.2, 0) is 0 Å². The van der Waals surface area contributed by atoms with Crippen molar-refractivity contribution in [1.82, 2.24) is 14.5 Å². The van der Waals surface area contributed by atoms with Crippen LogP contribution < -0.4 is 0 Å². The number of nitrogens with zero attached hydrogens (tertiary/aromatic N) is 3. The van der Waals surface area contributed by atoms with E-state index in [1.54, 1.807) is 24.4 Å². The molecule has 1 aliphatic heterocycles. The summed E-state index contributed by atoms with van der Waals surface area (Å²) in [7, 11) is 0. The van der Waals surface area contributed by atoms with Crippen molar-refractivity contribution in [3.63, 3.8) is 0 Å². The fourth-order valence-corrected chi connectivity index (χ4v) is 2.71. The zero-order chi connectivity index (χ0) is 16.0. The predicted octanol–water partition coefficient (Wildman–Crippen LogP) is 1.86. The zero-order valence-electron chi connectivity index (χ0n) is 11.5. The van der Waals surface area contributed by atoms with E-state index in [9.17, 15) is 23.1 Å². The fourth-order valence-electron chi connectivity index (χ4n) is 2.71. The highest BCUT2D eigenvalue weighted by Gasteiger charge is 2.56. The summed E-state index contributed by atoms with van der Waals surface area (Å²) in [5.74, 6) is -0.552. The van der Waals surface area contributed by atoms with Crippen molar-refractivity contribution in [1.29, 1.82) is 0 Å². The van der Waals surface area contributed by atoms with Crippen LogP contribution in [0.15, 0.2) is 30.6 Å². The summed E-state index contributed by atoms with van der Waals surface area (Å²) in [5, 5.41) is 13.8. The van der Waals surface area contributed by atoms with Gasteiger partial charge in [-0.2, -0.15) is 18.3 Å². The van der Waals surface area contributed by atoms with Gasteiger partial charge < -0.3 is 10.0 Å². The predicted molar refractivity (Wildman–Crippen MR) is 71.3 cm³/mol. The summed E-state index contributed by atoms with van der Waals surface area (Å²) >= 11 is 0. The molecule has 5 nitrogen and oxygen atoms in total. The number of carbonyl (C=O) groups excluding carboxylic acids is 1. The van der Waals surface area contributed by atoms with E-state index in [1.807, 2.05) is 0 Å². The Morgan fingerprint density at radius 2 is 2.14 bits per heavy atom. The Morgan fingerprint density at radius 1 is 1.36 bits per heavy atom. The maximum absolute atomic E-state index is 13.0. The van der Waals surface area contributed by atoms with E-state index in [-0.39, 0.29) is 18.5 Å². The van der Waals surface area contributed by atoms with Crippen molar-refractivity contribution < 1.29 is 23.1 Å². The van der Waals surface area contributed by atoms with E-state index in [1.165, 1.54) is 10.7 Å². The first kappa shape index (κ1) is 14.8. The molecule has 118 valence electrons. The van der Waals surface area contributed by atoms with Gasteiger partial charge in [-0.3, -0.25) is 4.79 Å². The number of alkyl halides is 3. The summed E-state index contributed by atoms with van der Waals surface area (Å²) in [6.07, 6.45) is -2.07. The van der Waals surface area contributed by atoms with Crippen LogP contribution in [0.1, 0.15) is 23.2 Å². The zero-order valence-corrected chi connectivity index (χ0v) is 11.5. The van der Waals surface area contributed by atoms with Crippen LogP contribution in [0, 0.1) is 0 Å². The van der Waals surface area contributed by atoms with E-state index < -0.39 is 30.7 Å². The number of aliphatic hydroxyl groups is 1. The van der Waals surface area contributed by atoms with E-state index >= 15 is 0 Å². The van der Waals surface area contributed by atoms with Crippen LogP contribution in [0.3, 0.4) is 0 Å². The van der Waals surface area contributed by atoms with Crippen molar-refractivity contribution in [2.75, 3.05) is 13.1 Å². The molecule has 1 saturated heterocycles. The summed E-state index contributed by atoms with van der Waals surface area (Å²) < 4.78 is 40.3. The second-order valence-corrected chi connectivity index (χ2v) is 5.45. The Balaban J connectivity index is 1.89. The van der Waals surface area contributed by atoms with E-state index in [0.29, 0.717) is 5.52 Å². The molecular formula is C14H14F3N3O2. The van der Waals surface area contributed by atoms with Gasteiger partial charge >= 0.3 is 6.18 Å². The third kappa shape index (κ3) is 2.33. The molecule has 3 rings (SSSR count). The van der Waals surface area contributed by atoms with Gasteiger partial charge in [-0.05, 0) is 25.0 Å². The third-order valence-corrected chi connectivity index (χ3v) is 3.94. The first-order valence-electron chi connectivity index (χ1n) is 6.83. The molecule has 22 heavy (non-hydrogen) atoms. The number of carbonyl (C=O) groups is 1. The number of fused-ring (bicyclic) bond motifs is 1. The van der Waals surface area contributed by atoms with Crippen LogP contribution in [0.25, 0.3) is 5.52 Å². The Morgan fingerprint density at radius 3 is 2.86 bits per heavy atom. The lowest BCUT2D eigenvalue weighted by molar-refractivity contribution is -0.271. The van der Waals surface area contributed by atoms with E-state index in [4.69, 9.17) is 0 Å². The minimum absolute atomic E-state index is 0.0982. The smallest absolute Gasteiger partial charge is 0.379 e. The Hall–Kier alpha value is -2.09. The van der Waals surface area contributed by atoms with Crippen molar-refractivity contribution in [3.05, 3.63) is 36.2 Å². The number of piperidine rings is 1. The summed E-state index contributed by atoms with van der Waals surface area (Å²) in [6, 6.07) is 5.12. The van der Waals surface area contributed by atoms with Gasteiger partial charge in [0.15, 0.2) is 5.60 Å². The van der Waals surface area contributed by atoms with Gasteiger partial charge in [0.25, 0.3) is 5.91 Å². The molecule has 1 atom stereocenters. The maximum Gasteiger partial charge on any atom is 0.418 e. The number of aromatic nitrogens is 2. The van der Waals surface area contributed by atoms with Crippen LogP contribution in [0.2, 0.25) is 0 Å². The quantitative estimate of drug-likeness (QED) is 0.874. The fraction of sp³-hybridized carbons (Fsp3) is 0.429. The third-order valence-electron chi connectivity index (χ3n) is 3.94. The van der Waals surface area contributed by atoms with Crippen LogP contribution >= 0.6 is 0 Å². The first-order chi connectivity index (χ1) is 10.3. The molecule has 3 heterocycles. The minimum atomic E-state index is -4.76. The number of hydrogen-bond donors (Lipinski definition) is 1. The van der Waals surface area contributed by atoms with Crippen LogP contribution in [0.4, 0.5) is 13.2 Å². The van der Waals surface area contributed by atoms with Gasteiger partial charge in [0.2, 0.25) is 0 Å². The molecule has 0 aliphatic carbocycles. The van der Waals surface area contributed by atoms with Gasteiger partial charge in [-0.1, -0.05) is 6.07 Å². The standard InChI is InChI=1S/C14H14F3N3O2/c15-14(16,17)13(22)5-3-6-19(9-13)12(21)10-8-18-20-7-2-1-4-11(10)20/h1-2,4,7-8,22H,3,5-6,9H2/t13-/m0/s1. The van der Waals surface area contributed by atoms with Crippen molar-refractivity contribution in [2.45, 2.75) is 24.6 Å². The number of hydrogen-bond acceptors (Lipinski definition) is 3.